The maximum absolute atomic E-state index is 12.0. The van der Waals surface area contributed by atoms with Gasteiger partial charge in [-0.05, 0) is 30.3 Å². The Balaban J connectivity index is 2.17. The van der Waals surface area contributed by atoms with E-state index in [9.17, 15) is 13.2 Å². The Bertz CT molecular complexity index is 570. The molecular formula is C12H9BF3NO3. The van der Waals surface area contributed by atoms with Gasteiger partial charge < -0.3 is 14.8 Å². The highest BCUT2D eigenvalue weighted by atomic mass is 19.4. The lowest BCUT2D eigenvalue weighted by Gasteiger charge is -2.09. The Morgan fingerprint density at radius 3 is 2.10 bits per heavy atom. The van der Waals surface area contributed by atoms with Crippen LogP contribution in [0.1, 0.15) is 0 Å². The van der Waals surface area contributed by atoms with Gasteiger partial charge in [0, 0.05) is 17.2 Å². The summed E-state index contributed by atoms with van der Waals surface area (Å²) in [6.45, 7) is 0. The van der Waals surface area contributed by atoms with Crippen LogP contribution in [-0.4, -0.2) is 28.5 Å². The zero-order chi connectivity index (χ0) is 14.8. The van der Waals surface area contributed by atoms with Crippen LogP contribution < -0.4 is 10.2 Å². The van der Waals surface area contributed by atoms with Crippen LogP contribution >= 0.6 is 0 Å². The molecule has 104 valence electrons. The van der Waals surface area contributed by atoms with Crippen molar-refractivity contribution in [2.75, 3.05) is 0 Å². The standard InChI is InChI=1S/C12H9BF3NO3/c14-12(15,16)20-10-4-1-8(2-5-10)11-6-3-9(7-17-11)13(18)19/h1-7,18-19H. The number of ether oxygens (including phenoxy) is 1. The molecule has 0 amide bonds. The van der Waals surface area contributed by atoms with Gasteiger partial charge in [-0.25, -0.2) is 0 Å². The van der Waals surface area contributed by atoms with E-state index in [-0.39, 0.29) is 11.2 Å². The minimum atomic E-state index is -4.72. The zero-order valence-electron chi connectivity index (χ0n) is 10.0. The summed E-state index contributed by atoms with van der Waals surface area (Å²) in [6, 6.07) is 8.22. The average molecular weight is 283 g/mol. The van der Waals surface area contributed by atoms with Crippen molar-refractivity contribution in [3.05, 3.63) is 42.6 Å². The van der Waals surface area contributed by atoms with Gasteiger partial charge >= 0.3 is 13.5 Å². The quantitative estimate of drug-likeness (QED) is 0.834. The monoisotopic (exact) mass is 283 g/mol. The second kappa shape index (κ2) is 5.52. The van der Waals surface area contributed by atoms with Crippen molar-refractivity contribution in [3.63, 3.8) is 0 Å². The molecule has 0 aliphatic heterocycles. The first-order chi connectivity index (χ1) is 9.35. The maximum atomic E-state index is 12.0. The number of benzene rings is 1. The van der Waals surface area contributed by atoms with Crippen LogP contribution in [-0.2, 0) is 0 Å². The van der Waals surface area contributed by atoms with E-state index < -0.39 is 13.5 Å². The van der Waals surface area contributed by atoms with Crippen LogP contribution in [0, 0.1) is 0 Å². The first-order valence-corrected chi connectivity index (χ1v) is 5.53. The Morgan fingerprint density at radius 2 is 1.65 bits per heavy atom. The molecule has 8 heteroatoms. The number of halogens is 3. The second-order valence-electron chi connectivity index (χ2n) is 3.92. The van der Waals surface area contributed by atoms with Crippen molar-refractivity contribution < 1.29 is 28.0 Å². The Kier molecular flexibility index (Phi) is 3.96. The molecule has 2 rings (SSSR count). The van der Waals surface area contributed by atoms with Crippen molar-refractivity contribution in [1.82, 2.24) is 4.98 Å². The van der Waals surface area contributed by atoms with Gasteiger partial charge in [-0.3, -0.25) is 4.98 Å². The third-order valence-corrected chi connectivity index (χ3v) is 2.47. The largest absolute Gasteiger partial charge is 0.573 e. The third-order valence-electron chi connectivity index (χ3n) is 2.47. The zero-order valence-corrected chi connectivity index (χ0v) is 10.0. The summed E-state index contributed by atoms with van der Waals surface area (Å²) in [6.07, 6.45) is -3.45. The maximum Gasteiger partial charge on any atom is 0.573 e. The van der Waals surface area contributed by atoms with Gasteiger partial charge in [-0.1, -0.05) is 6.07 Å². The lowest BCUT2D eigenvalue weighted by molar-refractivity contribution is -0.274. The molecule has 0 fully saturated rings. The Hall–Kier alpha value is -2.06. The van der Waals surface area contributed by atoms with Gasteiger partial charge in [-0.15, -0.1) is 13.2 Å². The molecule has 2 aromatic rings. The average Bonchev–Trinajstić information content (AvgIpc) is 2.38. The molecule has 0 saturated carbocycles. The third kappa shape index (κ3) is 3.72. The van der Waals surface area contributed by atoms with Crippen molar-refractivity contribution >= 4 is 12.6 Å². The highest BCUT2D eigenvalue weighted by Crippen LogP contribution is 2.25. The fourth-order valence-electron chi connectivity index (χ4n) is 1.56. The van der Waals surface area contributed by atoms with E-state index in [4.69, 9.17) is 10.0 Å². The molecule has 0 aliphatic carbocycles. The number of nitrogens with zero attached hydrogens (tertiary/aromatic N) is 1. The van der Waals surface area contributed by atoms with Crippen LogP contribution in [0.4, 0.5) is 13.2 Å². The molecule has 20 heavy (non-hydrogen) atoms. The van der Waals surface area contributed by atoms with Gasteiger partial charge in [0.2, 0.25) is 0 Å². The Labute approximate surface area is 112 Å². The number of hydrogen-bond donors (Lipinski definition) is 2. The second-order valence-corrected chi connectivity index (χ2v) is 3.92. The van der Waals surface area contributed by atoms with E-state index in [1.807, 2.05) is 0 Å². The highest BCUT2D eigenvalue weighted by molar-refractivity contribution is 6.58. The van der Waals surface area contributed by atoms with Gasteiger partial charge in [0.25, 0.3) is 0 Å². The van der Waals surface area contributed by atoms with Gasteiger partial charge in [0.15, 0.2) is 0 Å². The molecule has 0 unspecified atom stereocenters. The van der Waals surface area contributed by atoms with Crippen LogP contribution in [0.3, 0.4) is 0 Å². The molecule has 0 bridgehead atoms. The van der Waals surface area contributed by atoms with E-state index in [1.165, 1.54) is 42.6 Å². The number of hydrogen-bond acceptors (Lipinski definition) is 4. The fourth-order valence-corrected chi connectivity index (χ4v) is 1.56. The lowest BCUT2D eigenvalue weighted by Crippen LogP contribution is -2.29. The van der Waals surface area contributed by atoms with Crippen molar-refractivity contribution in [1.29, 1.82) is 0 Å². The predicted octanol–water partition coefficient (Wildman–Crippen LogP) is 1.33. The number of pyridine rings is 1. The number of alkyl halides is 3. The summed E-state index contributed by atoms with van der Waals surface area (Å²) < 4.78 is 39.8. The number of rotatable bonds is 3. The summed E-state index contributed by atoms with van der Waals surface area (Å²) in [7, 11) is -1.61. The topological polar surface area (TPSA) is 62.6 Å². The number of aromatic nitrogens is 1. The minimum absolute atomic E-state index is 0.228. The summed E-state index contributed by atoms with van der Waals surface area (Å²) in [5.41, 5.74) is 1.30. The molecule has 0 atom stereocenters. The molecule has 0 saturated heterocycles. The van der Waals surface area contributed by atoms with Crippen LogP contribution in [0.25, 0.3) is 11.3 Å². The molecule has 1 aromatic carbocycles. The molecule has 0 aliphatic rings. The predicted molar refractivity (Wildman–Crippen MR) is 66.2 cm³/mol. The van der Waals surface area contributed by atoms with E-state index >= 15 is 0 Å². The highest BCUT2D eigenvalue weighted by Gasteiger charge is 2.30. The van der Waals surface area contributed by atoms with Crippen molar-refractivity contribution in [3.8, 4) is 17.0 Å². The van der Waals surface area contributed by atoms with Crippen LogP contribution in [0.5, 0.6) is 5.75 Å². The molecule has 0 spiro atoms. The van der Waals surface area contributed by atoms with Gasteiger partial charge in [0.05, 0.1) is 5.69 Å². The van der Waals surface area contributed by atoms with Crippen LogP contribution in [0.15, 0.2) is 42.6 Å². The normalized spacial score (nSPS) is 11.2. The minimum Gasteiger partial charge on any atom is -0.423 e. The van der Waals surface area contributed by atoms with Crippen molar-refractivity contribution in [2.45, 2.75) is 6.36 Å². The first kappa shape index (κ1) is 14.4. The van der Waals surface area contributed by atoms with Crippen LogP contribution in [0.2, 0.25) is 0 Å². The molecule has 4 nitrogen and oxygen atoms in total. The van der Waals surface area contributed by atoms with E-state index in [2.05, 4.69) is 9.72 Å². The SMILES string of the molecule is OB(O)c1ccc(-c2ccc(OC(F)(F)F)cc2)nc1. The smallest absolute Gasteiger partial charge is 0.423 e. The summed E-state index contributed by atoms with van der Waals surface area (Å²) in [5, 5.41) is 17.8. The molecule has 2 N–H and O–H groups in total. The molecular weight excluding hydrogens is 274 g/mol. The molecule has 1 aromatic heterocycles. The molecule has 1 heterocycles. The summed E-state index contributed by atoms with van der Waals surface area (Å²) >= 11 is 0. The van der Waals surface area contributed by atoms with Gasteiger partial charge in [-0.2, -0.15) is 0 Å². The lowest BCUT2D eigenvalue weighted by atomic mass is 9.81. The molecule has 0 radical (unpaired) electrons. The van der Waals surface area contributed by atoms with E-state index in [1.54, 1.807) is 0 Å². The first-order valence-electron chi connectivity index (χ1n) is 5.53. The summed E-state index contributed by atoms with van der Waals surface area (Å²) in [5.74, 6) is -0.316. The van der Waals surface area contributed by atoms with Crippen molar-refractivity contribution in [2.24, 2.45) is 0 Å². The summed E-state index contributed by atoms with van der Waals surface area (Å²) in [4.78, 5) is 3.99. The Morgan fingerprint density at radius 1 is 1.00 bits per heavy atom. The van der Waals surface area contributed by atoms with E-state index in [0.717, 1.165) is 0 Å². The fraction of sp³-hybridized carbons (Fsp3) is 0.0833. The van der Waals surface area contributed by atoms with Gasteiger partial charge in [0.1, 0.15) is 5.75 Å². The van der Waals surface area contributed by atoms with E-state index in [0.29, 0.717) is 11.3 Å².